The molecule has 0 fully saturated rings. The van der Waals surface area contributed by atoms with Crippen LogP contribution in [0, 0.1) is 6.92 Å². The van der Waals surface area contributed by atoms with Crippen molar-refractivity contribution in [2.45, 2.75) is 18.4 Å². The fraction of sp³-hybridized carbons (Fsp3) is 0.444. The molecule has 13 heavy (non-hydrogen) atoms. The van der Waals surface area contributed by atoms with Crippen molar-refractivity contribution in [2.24, 2.45) is 0 Å². The average Bonchev–Trinajstić information content (AvgIpc) is 2.09. The predicted molar refractivity (Wildman–Crippen MR) is 59.1 cm³/mol. The van der Waals surface area contributed by atoms with Crippen LogP contribution in [-0.4, -0.2) is 22.5 Å². The highest BCUT2D eigenvalue weighted by Crippen LogP contribution is 2.22. The number of nitrogens with zero attached hydrogens (tertiary/aromatic N) is 1. The van der Waals surface area contributed by atoms with E-state index in [0.29, 0.717) is 0 Å². The molecule has 0 amide bonds. The van der Waals surface area contributed by atoms with Gasteiger partial charge in [0.1, 0.15) is 0 Å². The summed E-state index contributed by atoms with van der Waals surface area (Å²) in [4.78, 5) is 4.28. The van der Waals surface area contributed by atoms with Crippen LogP contribution in [0.15, 0.2) is 21.8 Å². The molecule has 1 N–H and O–H groups in total. The Morgan fingerprint density at radius 3 is 3.00 bits per heavy atom. The summed E-state index contributed by atoms with van der Waals surface area (Å²) in [6.07, 6.45) is 2.62. The number of hydrogen-bond donors (Lipinski definition) is 1. The number of hydrogen-bond acceptors (Lipinski definition) is 3. The van der Waals surface area contributed by atoms with Crippen LogP contribution < -0.4 is 0 Å². The fourth-order valence-electron chi connectivity index (χ4n) is 0.912. The van der Waals surface area contributed by atoms with E-state index in [9.17, 15) is 0 Å². The summed E-state index contributed by atoms with van der Waals surface area (Å²) >= 11 is 5.05. The zero-order valence-electron chi connectivity index (χ0n) is 7.46. The van der Waals surface area contributed by atoms with Gasteiger partial charge in [-0.25, -0.2) is 4.98 Å². The van der Waals surface area contributed by atoms with Crippen LogP contribution in [0.4, 0.5) is 0 Å². The van der Waals surface area contributed by atoms with Crippen molar-refractivity contribution in [3.63, 3.8) is 0 Å². The summed E-state index contributed by atoms with van der Waals surface area (Å²) < 4.78 is 1.01. The molecule has 4 heteroatoms. The zero-order valence-corrected chi connectivity index (χ0v) is 9.86. The topological polar surface area (TPSA) is 33.1 Å². The quantitative estimate of drug-likeness (QED) is 0.669. The monoisotopic (exact) mass is 261 g/mol. The lowest BCUT2D eigenvalue weighted by molar-refractivity contribution is 0.296. The van der Waals surface area contributed by atoms with E-state index in [1.807, 2.05) is 13.0 Å². The number of halogens is 1. The molecule has 0 aliphatic heterocycles. The molecule has 1 rings (SSSR count). The number of aliphatic hydroxyl groups is 1. The Morgan fingerprint density at radius 1 is 1.62 bits per heavy atom. The van der Waals surface area contributed by atoms with E-state index < -0.39 is 0 Å². The third-order valence-electron chi connectivity index (χ3n) is 1.54. The first kappa shape index (κ1) is 11.0. The molecule has 0 bridgehead atoms. The fourth-order valence-corrected chi connectivity index (χ4v) is 2.24. The maximum absolute atomic E-state index is 8.62. The van der Waals surface area contributed by atoms with Gasteiger partial charge >= 0.3 is 0 Å². The first-order chi connectivity index (χ1) is 6.24. The number of pyridine rings is 1. The second-order valence-electron chi connectivity index (χ2n) is 2.70. The van der Waals surface area contributed by atoms with Gasteiger partial charge in [0.25, 0.3) is 0 Å². The zero-order chi connectivity index (χ0) is 9.68. The van der Waals surface area contributed by atoms with Crippen LogP contribution in [0.25, 0.3) is 0 Å². The smallest absolute Gasteiger partial charge is 0.0989 e. The third-order valence-corrected chi connectivity index (χ3v) is 3.17. The Kier molecular flexibility index (Phi) is 4.77. The van der Waals surface area contributed by atoms with E-state index in [0.717, 1.165) is 21.7 Å². The Hall–Kier alpha value is -0.0600. The van der Waals surface area contributed by atoms with E-state index in [-0.39, 0.29) is 6.61 Å². The molecule has 0 saturated heterocycles. The molecule has 0 saturated carbocycles. The molecular formula is C9H12BrNOS. The van der Waals surface area contributed by atoms with Gasteiger partial charge in [-0.1, -0.05) is 0 Å². The molecule has 0 aliphatic rings. The van der Waals surface area contributed by atoms with Crippen molar-refractivity contribution >= 4 is 27.7 Å². The van der Waals surface area contributed by atoms with Crippen molar-refractivity contribution in [3.8, 4) is 0 Å². The second-order valence-corrected chi connectivity index (χ2v) is 4.70. The summed E-state index contributed by atoms with van der Waals surface area (Å²) in [5.41, 5.74) is 1.18. The minimum absolute atomic E-state index is 0.253. The normalized spacial score (nSPS) is 10.4. The van der Waals surface area contributed by atoms with E-state index in [1.165, 1.54) is 5.56 Å². The third kappa shape index (κ3) is 3.67. The number of thioether (sulfide) groups is 1. The van der Waals surface area contributed by atoms with Crippen molar-refractivity contribution in [2.75, 3.05) is 12.4 Å². The first-order valence-electron chi connectivity index (χ1n) is 4.10. The van der Waals surface area contributed by atoms with Gasteiger partial charge in [0.15, 0.2) is 0 Å². The number of rotatable bonds is 4. The lowest BCUT2D eigenvalue weighted by Crippen LogP contribution is -1.89. The molecule has 1 aromatic heterocycles. The largest absolute Gasteiger partial charge is 0.396 e. The molecule has 1 heterocycles. The van der Waals surface area contributed by atoms with Crippen LogP contribution in [0.3, 0.4) is 0 Å². The van der Waals surface area contributed by atoms with Crippen molar-refractivity contribution in [3.05, 3.63) is 22.3 Å². The van der Waals surface area contributed by atoms with Crippen LogP contribution in [-0.2, 0) is 0 Å². The molecule has 2 nitrogen and oxygen atoms in total. The van der Waals surface area contributed by atoms with E-state index in [4.69, 9.17) is 5.11 Å². The van der Waals surface area contributed by atoms with Crippen LogP contribution in [0.1, 0.15) is 12.0 Å². The Balaban J connectivity index is 2.56. The highest BCUT2D eigenvalue weighted by Gasteiger charge is 2.00. The van der Waals surface area contributed by atoms with Gasteiger partial charge in [-0.2, -0.15) is 0 Å². The van der Waals surface area contributed by atoms with Gasteiger partial charge in [0, 0.05) is 23.0 Å². The van der Waals surface area contributed by atoms with Gasteiger partial charge in [-0.05, 0) is 40.9 Å². The van der Waals surface area contributed by atoms with E-state index >= 15 is 0 Å². The maximum Gasteiger partial charge on any atom is 0.0989 e. The number of aromatic nitrogens is 1. The van der Waals surface area contributed by atoms with Crippen LogP contribution in [0.2, 0.25) is 0 Å². The first-order valence-corrected chi connectivity index (χ1v) is 5.87. The van der Waals surface area contributed by atoms with E-state index in [1.54, 1.807) is 18.0 Å². The molecule has 0 radical (unpaired) electrons. The molecule has 0 aromatic carbocycles. The van der Waals surface area contributed by atoms with Crippen molar-refractivity contribution in [1.29, 1.82) is 0 Å². The van der Waals surface area contributed by atoms with Crippen LogP contribution >= 0.6 is 27.7 Å². The molecule has 0 spiro atoms. The molecular weight excluding hydrogens is 250 g/mol. The number of aryl methyl sites for hydroxylation is 1. The van der Waals surface area contributed by atoms with Gasteiger partial charge in [0.05, 0.1) is 5.03 Å². The molecule has 1 aromatic rings. The lowest BCUT2D eigenvalue weighted by Gasteiger charge is -2.03. The van der Waals surface area contributed by atoms with Gasteiger partial charge in [0.2, 0.25) is 0 Å². The summed E-state index contributed by atoms with van der Waals surface area (Å²) in [6.45, 7) is 2.29. The van der Waals surface area contributed by atoms with Gasteiger partial charge in [-0.3, -0.25) is 0 Å². The summed E-state index contributed by atoms with van der Waals surface area (Å²) in [5, 5.41) is 9.67. The van der Waals surface area contributed by atoms with Crippen molar-refractivity contribution in [1.82, 2.24) is 4.98 Å². The molecule has 0 atom stereocenters. The molecule has 72 valence electrons. The Morgan fingerprint density at radius 2 is 2.38 bits per heavy atom. The minimum Gasteiger partial charge on any atom is -0.396 e. The van der Waals surface area contributed by atoms with Crippen molar-refractivity contribution < 1.29 is 5.11 Å². The van der Waals surface area contributed by atoms with Crippen LogP contribution in [0.5, 0.6) is 0 Å². The standard InChI is InChI=1S/C9H12BrNOS/c1-7-5-8(10)6-11-9(7)13-4-2-3-12/h5-6,12H,2-4H2,1H3. The van der Waals surface area contributed by atoms with Gasteiger partial charge in [-0.15, -0.1) is 11.8 Å². The number of aliphatic hydroxyl groups excluding tert-OH is 1. The lowest BCUT2D eigenvalue weighted by atomic mass is 10.3. The Labute approximate surface area is 90.9 Å². The summed E-state index contributed by atoms with van der Waals surface area (Å²) in [5.74, 6) is 0.923. The highest BCUT2D eigenvalue weighted by molar-refractivity contribution is 9.10. The second kappa shape index (κ2) is 5.62. The average molecular weight is 262 g/mol. The minimum atomic E-state index is 0.253. The SMILES string of the molecule is Cc1cc(Br)cnc1SCCCO. The highest BCUT2D eigenvalue weighted by atomic mass is 79.9. The molecule has 0 aliphatic carbocycles. The Bertz CT molecular complexity index is 280. The predicted octanol–water partition coefficient (Wildman–Crippen LogP) is 2.63. The summed E-state index contributed by atoms with van der Waals surface area (Å²) in [7, 11) is 0. The van der Waals surface area contributed by atoms with Gasteiger partial charge < -0.3 is 5.11 Å². The summed E-state index contributed by atoms with van der Waals surface area (Å²) in [6, 6.07) is 2.05. The molecule has 0 unspecified atom stereocenters. The maximum atomic E-state index is 8.62. The van der Waals surface area contributed by atoms with E-state index in [2.05, 4.69) is 20.9 Å².